The summed E-state index contributed by atoms with van der Waals surface area (Å²) in [6.07, 6.45) is 2.69. The minimum absolute atomic E-state index is 0.138. The highest BCUT2D eigenvalue weighted by atomic mass is 16.5. The van der Waals surface area contributed by atoms with Crippen molar-refractivity contribution < 1.29 is 9.53 Å². The predicted molar refractivity (Wildman–Crippen MR) is 77.2 cm³/mol. The largest absolute Gasteiger partial charge is 0.464 e. The highest BCUT2D eigenvalue weighted by Crippen LogP contribution is 2.36. The number of rotatable bonds is 5. The first-order chi connectivity index (χ1) is 9.19. The van der Waals surface area contributed by atoms with Gasteiger partial charge in [-0.3, -0.25) is 0 Å². The van der Waals surface area contributed by atoms with E-state index in [2.05, 4.69) is 17.9 Å². The maximum absolute atomic E-state index is 12.1. The Hall–Kier alpha value is -1.71. The van der Waals surface area contributed by atoms with E-state index in [4.69, 9.17) is 10.5 Å². The fourth-order valence-electron chi connectivity index (χ4n) is 2.74. The van der Waals surface area contributed by atoms with Crippen molar-refractivity contribution in [3.8, 4) is 0 Å². The number of anilines is 2. The van der Waals surface area contributed by atoms with E-state index in [1.54, 1.807) is 0 Å². The van der Waals surface area contributed by atoms with Gasteiger partial charge in [0.2, 0.25) is 0 Å². The molecule has 1 aliphatic rings. The van der Waals surface area contributed by atoms with Crippen LogP contribution in [0.4, 0.5) is 11.4 Å². The third kappa shape index (κ3) is 2.67. The van der Waals surface area contributed by atoms with Gasteiger partial charge in [-0.2, -0.15) is 0 Å². The highest BCUT2D eigenvalue weighted by molar-refractivity contribution is 5.84. The molecule has 0 saturated heterocycles. The Balaban J connectivity index is 2.28. The lowest BCUT2D eigenvalue weighted by molar-refractivity contribution is -0.144. The molecule has 1 heterocycles. The number of nitrogens with two attached hydrogens (primary N) is 1. The van der Waals surface area contributed by atoms with E-state index < -0.39 is 0 Å². The van der Waals surface area contributed by atoms with Crippen LogP contribution in [-0.4, -0.2) is 25.2 Å². The minimum atomic E-state index is -0.212. The third-order valence-corrected chi connectivity index (χ3v) is 3.56. The zero-order valence-electron chi connectivity index (χ0n) is 11.7. The summed E-state index contributed by atoms with van der Waals surface area (Å²) in [6.45, 7) is 5.18. The summed E-state index contributed by atoms with van der Waals surface area (Å²) < 4.78 is 5.20. The molecule has 0 aromatic heterocycles. The Morgan fingerprint density at radius 1 is 1.47 bits per heavy atom. The van der Waals surface area contributed by atoms with Gasteiger partial charge < -0.3 is 15.4 Å². The molecule has 1 aliphatic heterocycles. The van der Waals surface area contributed by atoms with Gasteiger partial charge in [0.05, 0.1) is 18.0 Å². The average Bonchev–Trinajstić information content (AvgIpc) is 2.81. The average molecular weight is 262 g/mol. The van der Waals surface area contributed by atoms with Gasteiger partial charge in [-0.05, 0) is 31.4 Å². The summed E-state index contributed by atoms with van der Waals surface area (Å²) >= 11 is 0. The molecule has 4 heteroatoms. The van der Waals surface area contributed by atoms with Crippen LogP contribution >= 0.6 is 0 Å². The van der Waals surface area contributed by atoms with Gasteiger partial charge >= 0.3 is 5.97 Å². The topological polar surface area (TPSA) is 55.6 Å². The second-order valence-corrected chi connectivity index (χ2v) is 4.85. The third-order valence-electron chi connectivity index (χ3n) is 3.56. The summed E-state index contributed by atoms with van der Waals surface area (Å²) in [7, 11) is 0. The molecular formula is C15H22N2O2. The number of carbonyl (C=O) groups is 1. The maximum Gasteiger partial charge on any atom is 0.328 e. The first kappa shape index (κ1) is 13.7. The molecule has 1 aromatic carbocycles. The lowest BCUT2D eigenvalue weighted by atomic mass is 10.1. The molecule has 0 radical (unpaired) electrons. The molecule has 104 valence electrons. The van der Waals surface area contributed by atoms with Crippen LogP contribution in [0, 0.1) is 0 Å². The number of benzene rings is 1. The van der Waals surface area contributed by atoms with Crippen LogP contribution in [0.1, 0.15) is 32.3 Å². The van der Waals surface area contributed by atoms with Crippen molar-refractivity contribution in [2.45, 2.75) is 39.2 Å². The van der Waals surface area contributed by atoms with Gasteiger partial charge in [0, 0.05) is 6.54 Å². The molecule has 0 aliphatic carbocycles. The van der Waals surface area contributed by atoms with Crippen LogP contribution < -0.4 is 10.6 Å². The first-order valence-corrected chi connectivity index (χ1v) is 6.99. The van der Waals surface area contributed by atoms with E-state index in [0.29, 0.717) is 6.61 Å². The Morgan fingerprint density at radius 2 is 2.26 bits per heavy atom. The maximum atomic E-state index is 12.1. The second-order valence-electron chi connectivity index (χ2n) is 4.85. The molecule has 0 amide bonds. The van der Waals surface area contributed by atoms with E-state index in [1.165, 1.54) is 5.56 Å². The number of hydrogen-bond acceptors (Lipinski definition) is 4. The minimum Gasteiger partial charge on any atom is -0.464 e. The number of carbonyl (C=O) groups excluding carboxylic acids is 1. The molecule has 0 saturated carbocycles. The molecule has 2 N–H and O–H groups in total. The smallest absolute Gasteiger partial charge is 0.328 e. The van der Waals surface area contributed by atoms with E-state index in [-0.39, 0.29) is 12.0 Å². The van der Waals surface area contributed by atoms with Crippen LogP contribution in [0.3, 0.4) is 0 Å². The number of ether oxygens (including phenoxy) is 1. The van der Waals surface area contributed by atoms with Gasteiger partial charge in [0.1, 0.15) is 6.04 Å². The SMILES string of the molecule is CCCC(C(=O)OCC)N1CCc2cccc(N)c21. The van der Waals surface area contributed by atoms with E-state index in [1.807, 2.05) is 19.1 Å². The predicted octanol–water partition coefficient (Wildman–Crippen LogP) is 2.36. The van der Waals surface area contributed by atoms with Crippen LogP contribution in [0.15, 0.2) is 18.2 Å². The lowest BCUT2D eigenvalue weighted by Crippen LogP contribution is -2.41. The van der Waals surface area contributed by atoms with Crippen LogP contribution in [0.2, 0.25) is 0 Å². The fourth-order valence-corrected chi connectivity index (χ4v) is 2.74. The Bertz CT molecular complexity index is 459. The molecule has 1 aromatic rings. The highest BCUT2D eigenvalue weighted by Gasteiger charge is 2.32. The molecule has 0 fully saturated rings. The van der Waals surface area contributed by atoms with Crippen molar-refractivity contribution in [2.75, 3.05) is 23.8 Å². The Morgan fingerprint density at radius 3 is 2.95 bits per heavy atom. The molecule has 1 atom stereocenters. The Labute approximate surface area is 114 Å². The van der Waals surface area contributed by atoms with Gasteiger partial charge in [0.25, 0.3) is 0 Å². The van der Waals surface area contributed by atoms with Crippen molar-refractivity contribution in [2.24, 2.45) is 0 Å². The Kier molecular flexibility index (Phi) is 4.30. The molecule has 1 unspecified atom stereocenters. The zero-order chi connectivity index (χ0) is 13.8. The summed E-state index contributed by atoms with van der Waals surface area (Å²) in [6, 6.07) is 5.73. The van der Waals surface area contributed by atoms with Crippen molar-refractivity contribution >= 4 is 17.3 Å². The van der Waals surface area contributed by atoms with E-state index in [0.717, 1.165) is 37.2 Å². The summed E-state index contributed by atoms with van der Waals surface area (Å²) in [5.41, 5.74) is 9.08. The van der Waals surface area contributed by atoms with E-state index >= 15 is 0 Å². The molecule has 2 rings (SSSR count). The normalized spacial score (nSPS) is 15.2. The molecule has 4 nitrogen and oxygen atoms in total. The summed E-state index contributed by atoms with van der Waals surface area (Å²) in [4.78, 5) is 14.3. The monoisotopic (exact) mass is 262 g/mol. The lowest BCUT2D eigenvalue weighted by Gasteiger charge is -2.29. The van der Waals surface area contributed by atoms with Crippen molar-refractivity contribution in [3.63, 3.8) is 0 Å². The number of fused-ring (bicyclic) bond motifs is 1. The summed E-state index contributed by atoms with van der Waals surface area (Å²) in [5, 5.41) is 0. The van der Waals surface area contributed by atoms with Crippen LogP contribution in [0.5, 0.6) is 0 Å². The van der Waals surface area contributed by atoms with Crippen LogP contribution in [0.25, 0.3) is 0 Å². The number of para-hydroxylation sites is 1. The number of nitrogen functional groups attached to an aromatic ring is 1. The molecule has 0 spiro atoms. The van der Waals surface area contributed by atoms with Gasteiger partial charge in [-0.1, -0.05) is 25.5 Å². The quantitative estimate of drug-likeness (QED) is 0.654. The van der Waals surface area contributed by atoms with Gasteiger partial charge in [0.15, 0.2) is 0 Å². The fraction of sp³-hybridized carbons (Fsp3) is 0.533. The van der Waals surface area contributed by atoms with Gasteiger partial charge in [-0.15, -0.1) is 0 Å². The molecule has 19 heavy (non-hydrogen) atoms. The molecular weight excluding hydrogens is 240 g/mol. The second kappa shape index (κ2) is 5.95. The van der Waals surface area contributed by atoms with Gasteiger partial charge in [-0.25, -0.2) is 4.79 Å². The van der Waals surface area contributed by atoms with Crippen molar-refractivity contribution in [1.29, 1.82) is 0 Å². The first-order valence-electron chi connectivity index (χ1n) is 6.99. The van der Waals surface area contributed by atoms with Crippen LogP contribution in [-0.2, 0) is 16.0 Å². The number of nitrogens with zero attached hydrogens (tertiary/aromatic N) is 1. The van der Waals surface area contributed by atoms with Crippen molar-refractivity contribution in [1.82, 2.24) is 0 Å². The number of hydrogen-bond donors (Lipinski definition) is 1. The molecule has 0 bridgehead atoms. The zero-order valence-corrected chi connectivity index (χ0v) is 11.7. The summed E-state index contributed by atoms with van der Waals surface area (Å²) in [5.74, 6) is -0.138. The number of esters is 1. The van der Waals surface area contributed by atoms with E-state index in [9.17, 15) is 4.79 Å². The standard InChI is InChI=1S/C15H22N2O2/c1-3-6-13(15(18)19-4-2)17-10-9-11-7-5-8-12(16)14(11)17/h5,7-8,13H,3-4,6,9-10,16H2,1-2H3. The van der Waals surface area contributed by atoms with Crippen molar-refractivity contribution in [3.05, 3.63) is 23.8 Å².